The van der Waals surface area contributed by atoms with Gasteiger partial charge >= 0.3 is 38.2 Å². The molecule has 0 unspecified atom stereocenters. The monoisotopic (exact) mass is 175 g/mol. The fraction of sp³-hybridized carbons (Fsp3) is 0. The molecule has 0 aliphatic heterocycles. The minimum absolute atomic E-state index is 0.401. The van der Waals surface area contributed by atoms with Crippen LogP contribution in [0.15, 0.2) is 0 Å². The SMILES string of the molecule is [2H]I([2H])([B])([B][3H])O[3H]. The Labute approximate surface area is 38.8 Å². The summed E-state index contributed by atoms with van der Waals surface area (Å²) < 4.78 is 29.6. The Balaban J connectivity index is 3.99. The van der Waals surface area contributed by atoms with Crippen LogP contribution in [0.1, 0.15) is 0 Å². The second-order valence-electron chi connectivity index (χ2n) is 0.304. The molecule has 0 saturated heterocycles. The summed E-state index contributed by atoms with van der Waals surface area (Å²) in [6.45, 7) is 0. The van der Waals surface area contributed by atoms with E-state index in [9.17, 15) is 0 Å². The average Bonchev–Trinajstić information content (AvgIpc) is 1.68. The zero-order chi connectivity index (χ0) is 6.86. The predicted molar refractivity (Wildman–Crippen MR) is 31.9 cm³/mol. The summed E-state index contributed by atoms with van der Waals surface area (Å²) >= 11 is -4.94. The van der Waals surface area contributed by atoms with Crippen LogP contribution in [-0.4, -0.2) is 18.8 Å². The van der Waals surface area contributed by atoms with Crippen LogP contribution >= 0.6 is 19.4 Å². The molecule has 3 radical (unpaired) electrons. The quantitative estimate of drug-likeness (QED) is 0.411. The molecular weight excluding hydrogens is 165 g/mol. The van der Waals surface area contributed by atoms with Gasteiger partial charge in [0.1, 0.15) is 0 Å². The van der Waals surface area contributed by atoms with Crippen molar-refractivity contribution in [1.82, 2.24) is 0 Å². The van der Waals surface area contributed by atoms with Gasteiger partial charge in [-0.2, -0.15) is 0 Å². The Hall–Kier alpha value is 0.820. The van der Waals surface area contributed by atoms with Gasteiger partial charge in [0.05, 0.1) is 0 Å². The molecule has 0 aromatic heterocycles. The Kier molecular flexibility index (Phi) is 0.599. The summed E-state index contributed by atoms with van der Waals surface area (Å²) in [6.07, 6.45) is 0. The molecule has 0 aromatic rings. The number of halogens is 1. The number of rotatable bonds is 2. The molecular formula is H4B2IO. The Morgan fingerprint density at radius 3 is 4.00 bits per heavy atom. The second kappa shape index (κ2) is 2.08. The first kappa shape index (κ1) is 1.15. The van der Waals surface area contributed by atoms with Gasteiger partial charge in [-0.1, -0.05) is 0 Å². The van der Waals surface area contributed by atoms with Crippen molar-refractivity contribution < 1.29 is 3.44 Å². The first-order valence-electron chi connectivity index (χ1n) is 2.33. The standard InChI is InChI=1S/B2H4IO/c1-3(2)4/h1,4H,3H2/i1T,3D2,4T. The van der Waals surface area contributed by atoms with E-state index in [4.69, 9.17) is 9.66 Å². The Morgan fingerprint density at radius 1 is 3.25 bits per heavy atom. The van der Waals surface area contributed by atoms with E-state index < -0.39 is 19.4 Å². The predicted octanol–water partition coefficient (Wildman–Crippen LogP) is -1.24. The van der Waals surface area contributed by atoms with Crippen LogP contribution in [0.5, 0.6) is 0 Å². The van der Waals surface area contributed by atoms with E-state index in [1.165, 1.54) is 0 Å². The molecule has 0 aromatic carbocycles. The second-order valence-corrected chi connectivity index (χ2v) is 2.04. The van der Waals surface area contributed by atoms with Crippen LogP contribution in [0.4, 0.5) is 0 Å². The molecule has 1 N–H and O–H groups in total. The van der Waals surface area contributed by atoms with Crippen molar-refractivity contribution in [2.45, 2.75) is 0 Å². The van der Waals surface area contributed by atoms with E-state index in [-0.39, 0.29) is 0 Å². The third-order valence-electron chi connectivity index (χ3n) is 0. The molecule has 23 valence electrons. The van der Waals surface area contributed by atoms with Gasteiger partial charge in [0, 0.05) is 0 Å². The minimum atomic E-state index is -4.94. The summed E-state index contributed by atoms with van der Waals surface area (Å²) in [5, 5.41) is 0. The molecule has 0 spiro atoms. The van der Waals surface area contributed by atoms with Gasteiger partial charge in [0.2, 0.25) is 0 Å². The van der Waals surface area contributed by atoms with Crippen molar-refractivity contribution >= 4 is 30.8 Å². The van der Waals surface area contributed by atoms with Crippen LogP contribution in [0.2, 0.25) is 0 Å². The summed E-state index contributed by atoms with van der Waals surface area (Å²) in [4.78, 5) is 0. The van der Waals surface area contributed by atoms with Crippen molar-refractivity contribution in [3.05, 3.63) is 0 Å². The van der Waals surface area contributed by atoms with Gasteiger partial charge in [-0.25, -0.2) is 0 Å². The van der Waals surface area contributed by atoms with Crippen molar-refractivity contribution in [3.63, 3.8) is 0 Å². The summed E-state index contributed by atoms with van der Waals surface area (Å²) in [7, 11) is 0. The fourth-order valence-corrected chi connectivity index (χ4v) is 0. The van der Waals surface area contributed by atoms with Gasteiger partial charge in [-0.15, -0.1) is 0 Å². The van der Waals surface area contributed by atoms with Crippen LogP contribution in [0, 0.1) is 0 Å². The van der Waals surface area contributed by atoms with E-state index in [1.54, 1.807) is 0 Å². The third-order valence-corrected chi connectivity index (χ3v) is 0. The Bertz CT molecular complexity index is 77.8. The van der Waals surface area contributed by atoms with Crippen molar-refractivity contribution in [3.8, 4) is 0 Å². The van der Waals surface area contributed by atoms with E-state index in [2.05, 4.69) is 3.44 Å². The summed E-state index contributed by atoms with van der Waals surface area (Å²) in [6, 6.07) is 0. The molecule has 0 amide bonds. The molecule has 4 heavy (non-hydrogen) atoms. The molecule has 0 aliphatic carbocycles. The summed E-state index contributed by atoms with van der Waals surface area (Å²) in [5.74, 6) is 0. The average molecular weight is 175 g/mol. The molecule has 0 atom stereocenters. The van der Waals surface area contributed by atoms with Gasteiger partial charge in [-0.05, 0) is 0 Å². The van der Waals surface area contributed by atoms with E-state index in [0.717, 1.165) is 0 Å². The van der Waals surface area contributed by atoms with Crippen molar-refractivity contribution in [2.24, 2.45) is 0 Å². The van der Waals surface area contributed by atoms with E-state index in [0.29, 0.717) is 5.67 Å². The van der Waals surface area contributed by atoms with Crippen molar-refractivity contribution in [1.29, 1.82) is 3.95 Å². The van der Waals surface area contributed by atoms with Gasteiger partial charge in [0.15, 0.2) is 0 Å². The molecule has 0 aliphatic rings. The fourth-order valence-electron chi connectivity index (χ4n) is 0. The molecule has 0 heterocycles. The molecule has 0 fully saturated rings. The molecule has 1 nitrogen and oxygen atoms in total. The van der Waals surface area contributed by atoms with Crippen molar-refractivity contribution in [2.75, 3.05) is 0 Å². The third kappa shape index (κ3) is 13.9. The van der Waals surface area contributed by atoms with Crippen LogP contribution in [0.3, 0.4) is 0 Å². The zero-order valence-electron chi connectivity index (χ0n) is 5.94. The van der Waals surface area contributed by atoms with E-state index in [1.807, 2.05) is 0 Å². The zero-order valence-corrected chi connectivity index (χ0v) is 4.10. The maximum atomic E-state index is 6.76. The van der Waals surface area contributed by atoms with Crippen LogP contribution < -0.4 is 0 Å². The topological polar surface area (TPSA) is 20.2 Å². The molecule has 0 rings (SSSR count). The van der Waals surface area contributed by atoms with Crippen LogP contribution in [0.25, 0.3) is 0 Å². The number of hydrogen-bond acceptors (Lipinski definition) is 1. The number of hydrogen-bond donors (Lipinski definition) is 1. The van der Waals surface area contributed by atoms with E-state index >= 15 is 0 Å². The Morgan fingerprint density at radius 2 is 4.00 bits per heavy atom. The van der Waals surface area contributed by atoms with Gasteiger partial charge in [-0.3, -0.25) is 0 Å². The van der Waals surface area contributed by atoms with Crippen LogP contribution in [-0.2, 0) is 0 Å². The maximum absolute atomic E-state index is 6.76. The normalized spacial score (nSPS) is 34.5. The summed E-state index contributed by atoms with van der Waals surface area (Å²) in [5.41, 5.74) is 5.23. The van der Waals surface area contributed by atoms with Gasteiger partial charge in [0.25, 0.3) is 0 Å². The molecule has 0 saturated carbocycles. The molecule has 4 heteroatoms. The first-order chi connectivity index (χ1) is 3.39. The van der Waals surface area contributed by atoms with Gasteiger partial charge < -0.3 is 0 Å². The first-order valence-corrected chi connectivity index (χ1v) is 3.96. The molecule has 0 bridgehead atoms.